The predicted octanol–water partition coefficient (Wildman–Crippen LogP) is 1.76. The van der Waals surface area contributed by atoms with Crippen LogP contribution in [0.1, 0.15) is 17.2 Å². The van der Waals surface area contributed by atoms with Gasteiger partial charge in [-0.3, -0.25) is 9.69 Å². The molecule has 7 heteroatoms. The number of carbonyl (C=O) groups is 1. The number of rotatable bonds is 5. The second kappa shape index (κ2) is 6.91. The van der Waals surface area contributed by atoms with Crippen LogP contribution in [0.5, 0.6) is 0 Å². The molecule has 0 bridgehead atoms. The summed E-state index contributed by atoms with van der Waals surface area (Å²) < 4.78 is 37.8. The topological polar surface area (TPSA) is 43.8 Å². The van der Waals surface area contributed by atoms with Gasteiger partial charge in [-0.05, 0) is 24.7 Å². The standard InChI is InChI=1S/C14H19F3N2O2/c1-18(2)13(21)9-19(3)8-12(20)10-5-4-6-11(7-10)14(15,16)17/h4-7,12,20H,8-9H2,1-3H3/t12-/m0/s1. The zero-order chi connectivity index (χ0) is 16.2. The number of hydrogen-bond acceptors (Lipinski definition) is 3. The zero-order valence-electron chi connectivity index (χ0n) is 12.2. The SMILES string of the molecule is CN(CC(=O)N(C)C)C[C@H](O)c1cccc(C(F)(F)F)c1. The van der Waals surface area contributed by atoms with Gasteiger partial charge in [0.2, 0.25) is 5.91 Å². The summed E-state index contributed by atoms with van der Waals surface area (Å²) in [7, 11) is 4.84. The summed E-state index contributed by atoms with van der Waals surface area (Å²) in [6.07, 6.45) is -5.53. The molecule has 1 rings (SSSR count). The third-order valence-corrected chi connectivity index (χ3v) is 2.99. The van der Waals surface area contributed by atoms with Gasteiger partial charge < -0.3 is 10.0 Å². The van der Waals surface area contributed by atoms with E-state index in [-0.39, 0.29) is 24.6 Å². The second-order valence-corrected chi connectivity index (χ2v) is 5.12. The molecule has 21 heavy (non-hydrogen) atoms. The van der Waals surface area contributed by atoms with Crippen LogP contribution in [0.3, 0.4) is 0 Å². The third kappa shape index (κ3) is 5.35. The van der Waals surface area contributed by atoms with Gasteiger partial charge in [0.25, 0.3) is 0 Å². The minimum atomic E-state index is -4.44. The second-order valence-electron chi connectivity index (χ2n) is 5.12. The molecule has 1 atom stereocenters. The number of aliphatic hydroxyl groups is 1. The Hall–Kier alpha value is -1.60. The van der Waals surface area contributed by atoms with Gasteiger partial charge >= 0.3 is 6.18 Å². The van der Waals surface area contributed by atoms with Crippen LogP contribution in [0.25, 0.3) is 0 Å². The largest absolute Gasteiger partial charge is 0.416 e. The molecule has 0 spiro atoms. The van der Waals surface area contributed by atoms with Crippen LogP contribution < -0.4 is 0 Å². The molecule has 118 valence electrons. The first-order valence-electron chi connectivity index (χ1n) is 6.35. The lowest BCUT2D eigenvalue weighted by Gasteiger charge is -2.22. The normalized spacial score (nSPS) is 13.3. The van der Waals surface area contributed by atoms with E-state index in [4.69, 9.17) is 0 Å². The maximum atomic E-state index is 12.6. The molecule has 0 heterocycles. The molecule has 0 aromatic heterocycles. The van der Waals surface area contributed by atoms with Crippen LogP contribution in [-0.2, 0) is 11.0 Å². The number of aliphatic hydroxyl groups excluding tert-OH is 1. The van der Waals surface area contributed by atoms with Crippen molar-refractivity contribution in [3.8, 4) is 0 Å². The molecule has 0 aliphatic rings. The van der Waals surface area contributed by atoms with Crippen molar-refractivity contribution in [2.24, 2.45) is 0 Å². The first-order valence-corrected chi connectivity index (χ1v) is 6.35. The monoisotopic (exact) mass is 304 g/mol. The van der Waals surface area contributed by atoms with Crippen LogP contribution in [0.15, 0.2) is 24.3 Å². The van der Waals surface area contributed by atoms with Crippen molar-refractivity contribution in [1.82, 2.24) is 9.80 Å². The van der Waals surface area contributed by atoms with E-state index >= 15 is 0 Å². The smallest absolute Gasteiger partial charge is 0.387 e. The summed E-state index contributed by atoms with van der Waals surface area (Å²) >= 11 is 0. The number of halogens is 3. The highest BCUT2D eigenvalue weighted by Gasteiger charge is 2.30. The first-order chi connectivity index (χ1) is 9.61. The fourth-order valence-corrected chi connectivity index (χ4v) is 1.76. The Labute approximate surface area is 121 Å². The first kappa shape index (κ1) is 17.5. The Morgan fingerprint density at radius 2 is 1.90 bits per heavy atom. The van der Waals surface area contributed by atoms with Gasteiger partial charge in [0.05, 0.1) is 18.2 Å². The molecule has 1 amide bonds. The molecule has 0 aliphatic heterocycles. The molecule has 4 nitrogen and oxygen atoms in total. The lowest BCUT2D eigenvalue weighted by Crippen LogP contribution is -2.36. The molecule has 1 aromatic carbocycles. The van der Waals surface area contributed by atoms with Crippen molar-refractivity contribution in [1.29, 1.82) is 0 Å². The number of benzene rings is 1. The number of nitrogens with zero attached hydrogens (tertiary/aromatic N) is 2. The average Bonchev–Trinajstić information content (AvgIpc) is 2.37. The van der Waals surface area contributed by atoms with Crippen molar-refractivity contribution in [2.45, 2.75) is 12.3 Å². The van der Waals surface area contributed by atoms with Crippen LogP contribution in [0, 0.1) is 0 Å². The highest BCUT2D eigenvalue weighted by atomic mass is 19.4. The van der Waals surface area contributed by atoms with E-state index in [0.717, 1.165) is 12.1 Å². The minimum absolute atomic E-state index is 0.0703. The fourth-order valence-electron chi connectivity index (χ4n) is 1.76. The Balaban J connectivity index is 2.71. The highest BCUT2D eigenvalue weighted by molar-refractivity contribution is 5.77. The van der Waals surface area contributed by atoms with Gasteiger partial charge in [-0.1, -0.05) is 12.1 Å². The van der Waals surface area contributed by atoms with E-state index < -0.39 is 17.8 Å². The van der Waals surface area contributed by atoms with Gasteiger partial charge in [-0.15, -0.1) is 0 Å². The van der Waals surface area contributed by atoms with E-state index in [9.17, 15) is 23.1 Å². The van der Waals surface area contributed by atoms with E-state index in [0.29, 0.717) is 0 Å². The van der Waals surface area contributed by atoms with Crippen molar-refractivity contribution < 1.29 is 23.1 Å². The van der Waals surface area contributed by atoms with Crippen LogP contribution in [0.2, 0.25) is 0 Å². The van der Waals surface area contributed by atoms with Crippen LogP contribution in [-0.4, -0.2) is 55.0 Å². The maximum absolute atomic E-state index is 12.6. The molecule has 0 saturated carbocycles. The lowest BCUT2D eigenvalue weighted by atomic mass is 10.1. The number of alkyl halides is 3. The Morgan fingerprint density at radius 1 is 1.29 bits per heavy atom. The zero-order valence-corrected chi connectivity index (χ0v) is 12.2. The van der Waals surface area contributed by atoms with Crippen LogP contribution >= 0.6 is 0 Å². The molecular formula is C14H19F3N2O2. The Bertz CT molecular complexity index is 489. The molecular weight excluding hydrogens is 285 g/mol. The van der Waals surface area contributed by atoms with E-state index in [2.05, 4.69) is 0 Å². The number of likely N-dealkylation sites (N-methyl/N-ethyl adjacent to an activating group) is 2. The summed E-state index contributed by atoms with van der Waals surface area (Å²) in [4.78, 5) is 14.5. The van der Waals surface area contributed by atoms with Gasteiger partial charge in [-0.25, -0.2) is 0 Å². The van der Waals surface area contributed by atoms with Gasteiger partial charge in [-0.2, -0.15) is 13.2 Å². The number of amides is 1. The Kier molecular flexibility index (Phi) is 5.74. The minimum Gasteiger partial charge on any atom is -0.387 e. The van der Waals surface area contributed by atoms with Gasteiger partial charge in [0.1, 0.15) is 0 Å². The summed E-state index contributed by atoms with van der Waals surface area (Å²) in [5.41, 5.74) is -0.625. The number of carbonyl (C=O) groups excluding carboxylic acids is 1. The molecule has 0 fully saturated rings. The van der Waals surface area contributed by atoms with E-state index in [1.165, 1.54) is 17.0 Å². The molecule has 1 aromatic rings. The summed E-state index contributed by atoms with van der Waals surface area (Å²) in [6.45, 7) is 0.157. The quantitative estimate of drug-likeness (QED) is 0.901. The fraction of sp³-hybridized carbons (Fsp3) is 0.500. The Morgan fingerprint density at radius 3 is 2.43 bits per heavy atom. The third-order valence-electron chi connectivity index (χ3n) is 2.99. The van der Waals surface area contributed by atoms with Crippen molar-refractivity contribution in [3.05, 3.63) is 35.4 Å². The van der Waals surface area contributed by atoms with Gasteiger partial charge in [0.15, 0.2) is 0 Å². The summed E-state index contributed by atoms with van der Waals surface area (Å²) in [5.74, 6) is -0.145. The van der Waals surface area contributed by atoms with Crippen LogP contribution in [0.4, 0.5) is 13.2 Å². The average molecular weight is 304 g/mol. The number of hydrogen-bond donors (Lipinski definition) is 1. The predicted molar refractivity (Wildman–Crippen MR) is 72.6 cm³/mol. The van der Waals surface area contributed by atoms with Crippen molar-refractivity contribution >= 4 is 5.91 Å². The highest BCUT2D eigenvalue weighted by Crippen LogP contribution is 2.30. The lowest BCUT2D eigenvalue weighted by molar-refractivity contribution is -0.137. The summed E-state index contributed by atoms with van der Waals surface area (Å²) in [5, 5.41) is 10.00. The van der Waals surface area contributed by atoms with E-state index in [1.807, 2.05) is 0 Å². The van der Waals surface area contributed by atoms with Crippen molar-refractivity contribution in [2.75, 3.05) is 34.2 Å². The maximum Gasteiger partial charge on any atom is 0.416 e. The summed E-state index contributed by atoms with van der Waals surface area (Å²) in [6, 6.07) is 4.57. The van der Waals surface area contributed by atoms with E-state index in [1.54, 1.807) is 26.0 Å². The van der Waals surface area contributed by atoms with Crippen molar-refractivity contribution in [3.63, 3.8) is 0 Å². The van der Waals surface area contributed by atoms with Gasteiger partial charge in [0, 0.05) is 20.6 Å². The molecule has 0 aliphatic carbocycles. The molecule has 0 radical (unpaired) electrons. The molecule has 0 saturated heterocycles. The molecule has 1 N–H and O–H groups in total. The molecule has 0 unspecified atom stereocenters.